The molecule has 0 spiro atoms. The van der Waals surface area contributed by atoms with Crippen molar-refractivity contribution in [3.05, 3.63) is 0 Å². The third-order valence-electron chi connectivity index (χ3n) is 4.20. The highest BCUT2D eigenvalue weighted by Crippen LogP contribution is 2.55. The highest BCUT2D eigenvalue weighted by molar-refractivity contribution is 7.99. The molecular formula is C15H18ClF14OS-. The summed E-state index contributed by atoms with van der Waals surface area (Å²) in [6.45, 7) is 1.30. The van der Waals surface area contributed by atoms with Crippen molar-refractivity contribution in [3.63, 3.8) is 0 Å². The second kappa shape index (κ2) is 11.4. The third kappa shape index (κ3) is 8.44. The zero-order valence-corrected chi connectivity index (χ0v) is 17.5. The zero-order chi connectivity index (χ0) is 25.1. The molecule has 0 rings (SSSR count). The normalized spacial score (nSPS) is 15.7. The summed E-state index contributed by atoms with van der Waals surface area (Å²) in [6, 6.07) is 0. The first-order chi connectivity index (χ1) is 13.5. The van der Waals surface area contributed by atoms with Crippen LogP contribution < -0.4 is 12.4 Å². The van der Waals surface area contributed by atoms with Crippen molar-refractivity contribution < 1.29 is 79.0 Å². The maximum atomic E-state index is 13.9. The lowest BCUT2D eigenvalue weighted by atomic mass is 9.80. The minimum atomic E-state index is -6.72. The van der Waals surface area contributed by atoms with Crippen LogP contribution in [0.25, 0.3) is 0 Å². The molecule has 0 aliphatic heterocycles. The molecule has 32 heavy (non-hydrogen) atoms. The second-order valence-electron chi connectivity index (χ2n) is 6.93. The lowest BCUT2D eigenvalue weighted by Gasteiger charge is -2.37. The highest BCUT2D eigenvalue weighted by atomic mass is 35.5. The van der Waals surface area contributed by atoms with Gasteiger partial charge in [0.1, 0.15) is 0 Å². The van der Waals surface area contributed by atoms with Gasteiger partial charge in [-0.1, -0.05) is 0 Å². The summed E-state index contributed by atoms with van der Waals surface area (Å²) in [4.78, 5) is 0. The van der Waals surface area contributed by atoms with Crippen LogP contribution in [0.4, 0.5) is 61.5 Å². The Hall–Kier alpha value is -0.380. The molecule has 0 aromatic rings. The number of alkyl halides is 14. The second-order valence-corrected chi connectivity index (χ2v) is 8.08. The molecule has 1 N–H and O–H groups in total. The van der Waals surface area contributed by atoms with Crippen molar-refractivity contribution >= 4 is 11.8 Å². The molecule has 0 saturated carbocycles. The van der Waals surface area contributed by atoms with Crippen LogP contribution in [0.5, 0.6) is 0 Å². The van der Waals surface area contributed by atoms with E-state index < -0.39 is 73.7 Å². The summed E-state index contributed by atoms with van der Waals surface area (Å²) >= 11 is 0.835. The first-order valence-electron chi connectivity index (χ1n) is 8.40. The van der Waals surface area contributed by atoms with Gasteiger partial charge in [0.05, 0.1) is 6.10 Å². The van der Waals surface area contributed by atoms with Gasteiger partial charge in [0.15, 0.2) is 0 Å². The third-order valence-corrected chi connectivity index (χ3v) is 5.49. The number of hydrogen-bond acceptors (Lipinski definition) is 2. The molecule has 0 heterocycles. The van der Waals surface area contributed by atoms with Crippen molar-refractivity contribution in [2.45, 2.75) is 74.8 Å². The van der Waals surface area contributed by atoms with E-state index in [0.717, 1.165) is 11.8 Å². The molecule has 1 atom stereocenters. The largest absolute Gasteiger partial charge is 1.00 e. The molecule has 0 saturated heterocycles. The minimum Gasteiger partial charge on any atom is -1.00 e. The Morgan fingerprint density at radius 3 is 1.22 bits per heavy atom. The topological polar surface area (TPSA) is 20.2 Å². The van der Waals surface area contributed by atoms with E-state index in [1.54, 1.807) is 0 Å². The van der Waals surface area contributed by atoms with E-state index in [1.165, 1.54) is 6.92 Å². The summed E-state index contributed by atoms with van der Waals surface area (Å²) in [5.74, 6) is -3.15. The van der Waals surface area contributed by atoms with E-state index in [0.29, 0.717) is 0 Å². The Labute approximate surface area is 183 Å². The predicted octanol–water partition coefficient (Wildman–Crippen LogP) is 3.95. The fourth-order valence-corrected chi connectivity index (χ4v) is 3.46. The fourth-order valence-electron chi connectivity index (χ4n) is 2.58. The van der Waals surface area contributed by atoms with Crippen LogP contribution >= 0.6 is 11.8 Å². The average Bonchev–Trinajstić information content (AvgIpc) is 2.49. The number of hydrogen-bond donors (Lipinski definition) is 1. The van der Waals surface area contributed by atoms with Crippen LogP contribution in [-0.4, -0.2) is 58.8 Å². The Morgan fingerprint density at radius 1 is 0.656 bits per heavy atom. The monoisotopic (exact) mass is 547 g/mol. The van der Waals surface area contributed by atoms with Crippen molar-refractivity contribution in [3.8, 4) is 0 Å². The standard InChI is InChI=1S/C15H18F14OS.ClH/c1-8(30)7-31-4-2-3-9(5-10(16,12(18,19)20)13(21,22)23)6-11(17,14(24,25)26)15(27,28)29;/h8-9,30H,2-7H2,1H3;1H/p-1. The van der Waals surface area contributed by atoms with E-state index in [4.69, 9.17) is 5.11 Å². The van der Waals surface area contributed by atoms with E-state index in [2.05, 4.69) is 0 Å². The molecule has 1 unspecified atom stereocenters. The average molecular weight is 548 g/mol. The maximum absolute atomic E-state index is 13.9. The Morgan fingerprint density at radius 2 is 0.969 bits per heavy atom. The van der Waals surface area contributed by atoms with Gasteiger partial charge in [0.2, 0.25) is 0 Å². The van der Waals surface area contributed by atoms with Crippen LogP contribution in [-0.2, 0) is 0 Å². The minimum absolute atomic E-state index is 0. The van der Waals surface area contributed by atoms with Gasteiger partial charge in [-0.3, -0.25) is 0 Å². The van der Waals surface area contributed by atoms with Gasteiger partial charge in [-0.25, -0.2) is 8.78 Å². The Balaban J connectivity index is 0. The van der Waals surface area contributed by atoms with Gasteiger partial charge in [0.25, 0.3) is 11.3 Å². The van der Waals surface area contributed by atoms with Crippen molar-refractivity contribution in [2.24, 2.45) is 5.92 Å². The Bertz CT molecular complexity index is 486. The predicted molar refractivity (Wildman–Crippen MR) is 82.9 cm³/mol. The van der Waals surface area contributed by atoms with Gasteiger partial charge in [0, 0.05) is 18.6 Å². The van der Waals surface area contributed by atoms with Crippen LogP contribution in [0.2, 0.25) is 0 Å². The molecule has 196 valence electrons. The van der Waals surface area contributed by atoms with Gasteiger partial charge >= 0.3 is 24.7 Å². The first-order valence-corrected chi connectivity index (χ1v) is 9.55. The lowest BCUT2D eigenvalue weighted by Crippen LogP contribution is -3.00. The maximum Gasteiger partial charge on any atom is 0.431 e. The quantitative estimate of drug-likeness (QED) is 0.330. The smallest absolute Gasteiger partial charge is 0.431 e. The van der Waals surface area contributed by atoms with Crippen molar-refractivity contribution in [1.82, 2.24) is 0 Å². The SMILES string of the molecule is CC(O)CSCCCC(CC(F)(C(F)(F)F)C(F)(F)F)CC(F)(C(F)(F)F)C(F)(F)F.[Cl-]. The molecule has 0 aromatic carbocycles. The number of halogens is 15. The molecule has 0 aromatic heterocycles. The van der Waals surface area contributed by atoms with Crippen LogP contribution in [0.15, 0.2) is 0 Å². The Kier molecular flexibility index (Phi) is 12.0. The van der Waals surface area contributed by atoms with Gasteiger partial charge in [-0.15, -0.1) is 0 Å². The van der Waals surface area contributed by atoms with E-state index in [1.807, 2.05) is 0 Å². The number of thioether (sulfide) groups is 1. The van der Waals surface area contributed by atoms with Gasteiger partial charge in [-0.2, -0.15) is 64.4 Å². The molecule has 0 bridgehead atoms. The molecule has 1 nitrogen and oxygen atoms in total. The molecule has 17 heteroatoms. The summed E-state index contributed by atoms with van der Waals surface area (Å²) < 4.78 is 181. The molecule has 0 aliphatic carbocycles. The number of aliphatic hydroxyl groups is 1. The first kappa shape index (κ1) is 33.8. The van der Waals surface area contributed by atoms with E-state index in [9.17, 15) is 61.5 Å². The van der Waals surface area contributed by atoms with E-state index >= 15 is 0 Å². The van der Waals surface area contributed by atoms with Gasteiger partial charge in [-0.05, 0) is 31.4 Å². The van der Waals surface area contributed by atoms with Crippen molar-refractivity contribution in [2.75, 3.05) is 11.5 Å². The van der Waals surface area contributed by atoms with Gasteiger partial charge < -0.3 is 17.5 Å². The summed E-state index contributed by atoms with van der Waals surface area (Å²) in [7, 11) is 0. The molecule has 0 fully saturated rings. The van der Waals surface area contributed by atoms with E-state index in [-0.39, 0.29) is 23.9 Å². The highest BCUT2D eigenvalue weighted by Gasteiger charge is 2.75. The van der Waals surface area contributed by atoms with Crippen LogP contribution in [0.1, 0.15) is 32.6 Å². The number of aliphatic hydroxyl groups excluding tert-OH is 1. The fraction of sp³-hybridized carbons (Fsp3) is 1.00. The van der Waals surface area contributed by atoms with Crippen molar-refractivity contribution in [1.29, 1.82) is 0 Å². The summed E-state index contributed by atoms with van der Waals surface area (Å²) in [6.07, 6.45) is -35.3. The molecule has 0 aliphatic rings. The summed E-state index contributed by atoms with van der Waals surface area (Å²) in [5.41, 5.74) is -12.3. The molecule has 0 amide bonds. The number of rotatable bonds is 10. The summed E-state index contributed by atoms with van der Waals surface area (Å²) in [5, 5.41) is 9.00. The molecular weight excluding hydrogens is 530 g/mol. The van der Waals surface area contributed by atoms with Crippen LogP contribution in [0, 0.1) is 5.92 Å². The zero-order valence-electron chi connectivity index (χ0n) is 15.9. The van der Waals surface area contributed by atoms with Crippen LogP contribution in [0.3, 0.4) is 0 Å². The lowest BCUT2D eigenvalue weighted by molar-refractivity contribution is -0.356. The molecule has 0 radical (unpaired) electrons.